The minimum Gasteiger partial charge on any atom is -0.376 e. The normalized spacial score (nSPS) is 20.5. The zero-order valence-electron chi connectivity index (χ0n) is 6.88. The third kappa shape index (κ3) is 3.06. The highest BCUT2D eigenvalue weighted by Crippen LogP contribution is 2.09. The van der Waals surface area contributed by atoms with Crippen LogP contribution in [0.25, 0.3) is 0 Å². The number of likely N-dealkylation sites (tertiary alicyclic amines) is 1. The monoisotopic (exact) mass is 172 g/mol. The molecule has 0 aliphatic carbocycles. The molecule has 0 aromatic heterocycles. The largest absolute Gasteiger partial charge is 0.376 e. The number of hydrogen-bond donors (Lipinski definition) is 1. The molecule has 64 valence electrons. The Morgan fingerprint density at radius 3 is 1.91 bits per heavy atom. The topological polar surface area (TPSA) is 29.3 Å². The molecule has 0 aromatic rings. The molecule has 0 unspecified atom stereocenters. The van der Waals surface area contributed by atoms with Crippen LogP contribution in [0.4, 0.5) is 0 Å². The van der Waals surface area contributed by atoms with Gasteiger partial charge in [0.1, 0.15) is 0 Å². The maximum Gasteiger partial charge on any atom is 0.166 e. The Kier molecular flexibility index (Phi) is 3.63. The second-order valence-corrected chi connectivity index (χ2v) is 3.51. The first-order chi connectivity index (χ1) is 5.30. The summed E-state index contributed by atoms with van der Waals surface area (Å²) >= 11 is 4.92. The van der Waals surface area contributed by atoms with E-state index in [1.54, 1.807) is 0 Å². The molecule has 0 radical (unpaired) electrons. The number of nitrogens with two attached hydrogens (primary N) is 1. The van der Waals surface area contributed by atoms with E-state index in [2.05, 4.69) is 4.90 Å². The van der Waals surface area contributed by atoms with Crippen molar-refractivity contribution in [2.75, 3.05) is 13.1 Å². The summed E-state index contributed by atoms with van der Waals surface area (Å²) in [6.45, 7) is 2.13. The van der Waals surface area contributed by atoms with Gasteiger partial charge in [0.25, 0.3) is 0 Å². The zero-order valence-corrected chi connectivity index (χ0v) is 7.70. The van der Waals surface area contributed by atoms with E-state index >= 15 is 0 Å². The Hall–Kier alpha value is -0.310. The number of hydrogen-bond acceptors (Lipinski definition) is 1. The highest BCUT2D eigenvalue weighted by atomic mass is 32.1. The van der Waals surface area contributed by atoms with Crippen LogP contribution >= 0.6 is 12.2 Å². The van der Waals surface area contributed by atoms with Gasteiger partial charge in [-0.25, -0.2) is 0 Å². The quantitative estimate of drug-likeness (QED) is 0.561. The second kappa shape index (κ2) is 4.54. The molecule has 11 heavy (non-hydrogen) atoms. The van der Waals surface area contributed by atoms with E-state index in [0.29, 0.717) is 5.11 Å². The molecule has 0 aromatic carbocycles. The minimum absolute atomic E-state index is 0.576. The van der Waals surface area contributed by atoms with Gasteiger partial charge in [0, 0.05) is 13.1 Å². The van der Waals surface area contributed by atoms with E-state index in [-0.39, 0.29) is 0 Å². The maximum atomic E-state index is 5.55. The number of rotatable bonds is 0. The first-order valence-corrected chi connectivity index (χ1v) is 4.76. The highest BCUT2D eigenvalue weighted by Gasteiger charge is 2.07. The summed E-state index contributed by atoms with van der Waals surface area (Å²) in [5.41, 5.74) is 5.55. The lowest BCUT2D eigenvalue weighted by molar-refractivity contribution is 0.364. The van der Waals surface area contributed by atoms with Gasteiger partial charge in [-0.05, 0) is 25.1 Å². The molecule has 1 aliphatic heterocycles. The molecule has 1 aliphatic rings. The van der Waals surface area contributed by atoms with Gasteiger partial charge in [0.15, 0.2) is 5.11 Å². The van der Waals surface area contributed by atoms with Crippen LogP contribution < -0.4 is 5.73 Å². The molecule has 0 amide bonds. The molecule has 2 N–H and O–H groups in total. The Balaban J connectivity index is 2.32. The summed E-state index contributed by atoms with van der Waals surface area (Å²) in [6, 6.07) is 0. The van der Waals surface area contributed by atoms with Crippen molar-refractivity contribution in [2.24, 2.45) is 5.73 Å². The van der Waals surface area contributed by atoms with Gasteiger partial charge in [0.2, 0.25) is 0 Å². The molecular formula is C8H16N2S. The van der Waals surface area contributed by atoms with Crippen LogP contribution in [-0.2, 0) is 0 Å². The molecule has 0 atom stereocenters. The predicted octanol–water partition coefficient (Wildman–Crippen LogP) is 1.50. The van der Waals surface area contributed by atoms with Crippen molar-refractivity contribution in [3.05, 3.63) is 0 Å². The lowest BCUT2D eigenvalue weighted by Crippen LogP contribution is -2.37. The van der Waals surface area contributed by atoms with Crippen LogP contribution in [0.1, 0.15) is 32.1 Å². The van der Waals surface area contributed by atoms with Crippen LogP contribution in [0.2, 0.25) is 0 Å². The number of thiocarbonyl (C=S) groups is 1. The first-order valence-electron chi connectivity index (χ1n) is 4.35. The SMILES string of the molecule is NC(=S)N1CCCCCCC1. The summed E-state index contributed by atoms with van der Waals surface area (Å²) in [7, 11) is 0. The van der Waals surface area contributed by atoms with Gasteiger partial charge in [-0.15, -0.1) is 0 Å². The molecule has 1 heterocycles. The lowest BCUT2D eigenvalue weighted by Gasteiger charge is -2.24. The van der Waals surface area contributed by atoms with Crippen molar-refractivity contribution in [1.82, 2.24) is 4.90 Å². The van der Waals surface area contributed by atoms with E-state index in [9.17, 15) is 0 Å². The Morgan fingerprint density at radius 2 is 1.45 bits per heavy atom. The fraction of sp³-hybridized carbons (Fsp3) is 0.875. The smallest absolute Gasteiger partial charge is 0.166 e. The highest BCUT2D eigenvalue weighted by molar-refractivity contribution is 7.80. The van der Waals surface area contributed by atoms with Crippen molar-refractivity contribution in [3.63, 3.8) is 0 Å². The number of nitrogens with zero attached hydrogens (tertiary/aromatic N) is 1. The molecule has 0 bridgehead atoms. The minimum atomic E-state index is 0.576. The predicted molar refractivity (Wildman–Crippen MR) is 51.4 cm³/mol. The summed E-state index contributed by atoms with van der Waals surface area (Å²) in [6.07, 6.45) is 6.54. The van der Waals surface area contributed by atoms with Crippen molar-refractivity contribution in [1.29, 1.82) is 0 Å². The summed E-state index contributed by atoms with van der Waals surface area (Å²) < 4.78 is 0. The third-order valence-electron chi connectivity index (χ3n) is 2.17. The van der Waals surface area contributed by atoms with Crippen molar-refractivity contribution >= 4 is 17.3 Å². The summed E-state index contributed by atoms with van der Waals surface area (Å²) in [5, 5.41) is 0.576. The van der Waals surface area contributed by atoms with Crippen molar-refractivity contribution in [3.8, 4) is 0 Å². The molecule has 1 fully saturated rings. The van der Waals surface area contributed by atoms with E-state index in [4.69, 9.17) is 18.0 Å². The summed E-state index contributed by atoms with van der Waals surface area (Å²) in [5.74, 6) is 0. The first kappa shape index (κ1) is 8.78. The maximum absolute atomic E-state index is 5.55. The van der Waals surface area contributed by atoms with E-state index < -0.39 is 0 Å². The van der Waals surface area contributed by atoms with Crippen molar-refractivity contribution < 1.29 is 0 Å². The summed E-state index contributed by atoms with van der Waals surface area (Å²) in [4.78, 5) is 2.12. The van der Waals surface area contributed by atoms with E-state index in [0.717, 1.165) is 13.1 Å². The van der Waals surface area contributed by atoms with E-state index in [1.165, 1.54) is 32.1 Å². The molecule has 2 nitrogen and oxygen atoms in total. The third-order valence-corrected chi connectivity index (χ3v) is 2.43. The fourth-order valence-electron chi connectivity index (χ4n) is 1.47. The Morgan fingerprint density at radius 1 is 1.00 bits per heavy atom. The average molecular weight is 172 g/mol. The van der Waals surface area contributed by atoms with Crippen LogP contribution in [0.5, 0.6) is 0 Å². The molecular weight excluding hydrogens is 156 g/mol. The van der Waals surface area contributed by atoms with Gasteiger partial charge >= 0.3 is 0 Å². The van der Waals surface area contributed by atoms with Crippen LogP contribution in [0.15, 0.2) is 0 Å². The lowest BCUT2D eigenvalue weighted by atomic mass is 10.1. The molecule has 0 spiro atoms. The van der Waals surface area contributed by atoms with Gasteiger partial charge < -0.3 is 10.6 Å². The average Bonchev–Trinajstić information content (AvgIpc) is 1.84. The van der Waals surface area contributed by atoms with Gasteiger partial charge in [0.05, 0.1) is 0 Å². The molecule has 1 rings (SSSR count). The van der Waals surface area contributed by atoms with Gasteiger partial charge in [-0.2, -0.15) is 0 Å². The zero-order chi connectivity index (χ0) is 8.10. The molecule has 1 saturated heterocycles. The van der Waals surface area contributed by atoms with Gasteiger partial charge in [-0.1, -0.05) is 19.3 Å². The van der Waals surface area contributed by atoms with E-state index in [1.807, 2.05) is 0 Å². The second-order valence-electron chi connectivity index (χ2n) is 3.09. The Bertz CT molecular complexity index is 128. The molecule has 0 saturated carbocycles. The fourth-order valence-corrected chi connectivity index (χ4v) is 1.65. The van der Waals surface area contributed by atoms with Crippen LogP contribution in [0.3, 0.4) is 0 Å². The van der Waals surface area contributed by atoms with Gasteiger partial charge in [-0.3, -0.25) is 0 Å². The standard InChI is InChI=1S/C8H16N2S/c9-8(11)10-6-4-2-1-3-5-7-10/h1-7H2,(H2,9,11). The molecule has 3 heteroatoms. The van der Waals surface area contributed by atoms with Crippen LogP contribution in [0, 0.1) is 0 Å². The van der Waals surface area contributed by atoms with Crippen LogP contribution in [-0.4, -0.2) is 23.1 Å². The Labute approximate surface area is 73.7 Å². The van der Waals surface area contributed by atoms with Crippen molar-refractivity contribution in [2.45, 2.75) is 32.1 Å².